The van der Waals surface area contributed by atoms with Crippen molar-refractivity contribution in [1.82, 2.24) is 0 Å². The van der Waals surface area contributed by atoms with Crippen molar-refractivity contribution in [2.75, 3.05) is 12.4 Å². The second kappa shape index (κ2) is 3.81. The Morgan fingerprint density at radius 3 is 3.11 bits per heavy atom. The second-order valence-electron chi connectivity index (χ2n) is 1.90. The number of ether oxygens (including phenoxy) is 1. The number of epoxide rings is 1. The molecule has 0 aromatic rings. The Morgan fingerprint density at radius 1 is 1.78 bits per heavy atom. The van der Waals surface area contributed by atoms with Gasteiger partial charge >= 0.3 is 0 Å². The van der Waals surface area contributed by atoms with Gasteiger partial charge in [-0.25, -0.2) is 0 Å². The highest BCUT2D eigenvalue weighted by molar-refractivity contribution is 8.03. The van der Waals surface area contributed by atoms with Crippen LogP contribution in [0.5, 0.6) is 0 Å². The zero-order valence-electron chi connectivity index (χ0n) is 5.52. The largest absolute Gasteiger partial charge is 0.372 e. The first-order valence-corrected chi connectivity index (χ1v) is 4.13. The first-order chi connectivity index (χ1) is 4.43. The fourth-order valence-corrected chi connectivity index (χ4v) is 1.13. The molecule has 0 radical (unpaired) electrons. The van der Waals surface area contributed by atoms with E-state index < -0.39 is 0 Å². The lowest BCUT2D eigenvalue weighted by Crippen LogP contribution is -1.85. The van der Waals surface area contributed by atoms with E-state index in [1.54, 1.807) is 11.8 Å². The molecule has 1 heterocycles. The van der Waals surface area contributed by atoms with E-state index in [1.165, 1.54) is 0 Å². The summed E-state index contributed by atoms with van der Waals surface area (Å²) < 4.78 is 5.00. The first kappa shape index (κ1) is 6.98. The molecule has 1 rings (SSSR count). The van der Waals surface area contributed by atoms with Crippen LogP contribution < -0.4 is 0 Å². The molecule has 0 spiro atoms. The molecule has 1 aliphatic rings. The van der Waals surface area contributed by atoms with Gasteiger partial charge in [0.1, 0.15) is 0 Å². The van der Waals surface area contributed by atoms with Gasteiger partial charge in [-0.3, -0.25) is 0 Å². The zero-order valence-corrected chi connectivity index (χ0v) is 6.33. The van der Waals surface area contributed by atoms with Gasteiger partial charge in [-0.05, 0) is 5.25 Å². The molecule has 1 nitrogen and oxygen atoms in total. The molecule has 0 bridgehead atoms. The van der Waals surface area contributed by atoms with Gasteiger partial charge in [0.15, 0.2) is 0 Å². The summed E-state index contributed by atoms with van der Waals surface area (Å²) in [5.41, 5.74) is 0. The molecule has 1 unspecified atom stereocenters. The number of hydrogen-bond acceptors (Lipinski definition) is 2. The molecule has 9 heavy (non-hydrogen) atoms. The Balaban J connectivity index is 1.91. The summed E-state index contributed by atoms with van der Waals surface area (Å²) in [6, 6.07) is 0. The van der Waals surface area contributed by atoms with E-state index in [4.69, 9.17) is 4.74 Å². The van der Waals surface area contributed by atoms with Gasteiger partial charge in [-0.2, -0.15) is 0 Å². The van der Waals surface area contributed by atoms with Gasteiger partial charge in [0.05, 0.1) is 12.7 Å². The molecule has 1 aliphatic heterocycles. The van der Waals surface area contributed by atoms with E-state index in [0.29, 0.717) is 6.10 Å². The lowest BCUT2D eigenvalue weighted by atomic mass is 10.5. The molecule has 0 amide bonds. The molecule has 0 aliphatic carbocycles. The van der Waals surface area contributed by atoms with E-state index in [-0.39, 0.29) is 0 Å². The van der Waals surface area contributed by atoms with E-state index in [2.05, 4.69) is 18.1 Å². The predicted molar refractivity (Wildman–Crippen MR) is 40.3 cm³/mol. The van der Waals surface area contributed by atoms with E-state index >= 15 is 0 Å². The monoisotopic (exact) mass is 142 g/mol. The van der Waals surface area contributed by atoms with Crippen LogP contribution in [-0.4, -0.2) is 18.5 Å². The van der Waals surface area contributed by atoms with Crippen LogP contribution in [0.25, 0.3) is 0 Å². The summed E-state index contributed by atoms with van der Waals surface area (Å²) in [5.74, 6) is 4.04. The summed E-state index contributed by atoms with van der Waals surface area (Å²) in [5, 5.41) is 2.99. The Labute approximate surface area is 60.2 Å². The van der Waals surface area contributed by atoms with Gasteiger partial charge in [0, 0.05) is 12.2 Å². The van der Waals surface area contributed by atoms with Crippen LogP contribution in [0, 0.1) is 11.2 Å². The molecule has 50 valence electrons. The predicted octanol–water partition coefficient (Wildman–Crippen LogP) is 1.49. The summed E-state index contributed by atoms with van der Waals surface area (Å²) in [6.45, 7) is 3.00. The van der Waals surface area contributed by atoms with Crippen molar-refractivity contribution in [2.24, 2.45) is 0 Å². The van der Waals surface area contributed by atoms with Crippen LogP contribution in [0.2, 0.25) is 0 Å². The molecule has 0 saturated carbocycles. The van der Waals surface area contributed by atoms with Gasteiger partial charge < -0.3 is 4.74 Å². The van der Waals surface area contributed by atoms with Gasteiger partial charge in [-0.1, -0.05) is 24.6 Å². The number of hydrogen-bond donors (Lipinski definition) is 0. The normalized spacial score (nSPS) is 22.6. The summed E-state index contributed by atoms with van der Waals surface area (Å²) in [7, 11) is 0. The van der Waals surface area contributed by atoms with Gasteiger partial charge in [-0.15, -0.1) is 0 Å². The fourth-order valence-electron chi connectivity index (χ4n) is 0.422. The van der Waals surface area contributed by atoms with Crippen LogP contribution in [0.15, 0.2) is 0 Å². The first-order valence-electron chi connectivity index (χ1n) is 3.14. The quantitative estimate of drug-likeness (QED) is 0.428. The Kier molecular flexibility index (Phi) is 2.96. The molecule has 0 N–H and O–H groups in total. The SMILES string of the molecule is CCC#CSCC1CO1. The molecular weight excluding hydrogens is 132 g/mol. The average Bonchev–Trinajstić information content (AvgIpc) is 2.63. The topological polar surface area (TPSA) is 12.5 Å². The third-order valence-electron chi connectivity index (χ3n) is 0.993. The van der Waals surface area contributed by atoms with Gasteiger partial charge in [0.2, 0.25) is 0 Å². The van der Waals surface area contributed by atoms with E-state index in [0.717, 1.165) is 18.8 Å². The summed E-state index contributed by atoms with van der Waals surface area (Å²) >= 11 is 1.66. The summed E-state index contributed by atoms with van der Waals surface area (Å²) in [6.07, 6.45) is 1.47. The minimum Gasteiger partial charge on any atom is -0.372 e. The zero-order chi connectivity index (χ0) is 6.53. The molecule has 0 aromatic heterocycles. The van der Waals surface area contributed by atoms with Crippen molar-refractivity contribution in [1.29, 1.82) is 0 Å². The average molecular weight is 142 g/mol. The highest BCUT2D eigenvalue weighted by Crippen LogP contribution is 2.14. The van der Waals surface area contributed by atoms with Crippen LogP contribution in [0.4, 0.5) is 0 Å². The smallest absolute Gasteiger partial charge is 0.0909 e. The van der Waals surface area contributed by atoms with Crippen LogP contribution in [0.1, 0.15) is 13.3 Å². The van der Waals surface area contributed by atoms with Crippen LogP contribution in [0.3, 0.4) is 0 Å². The third kappa shape index (κ3) is 3.45. The van der Waals surface area contributed by atoms with E-state index in [9.17, 15) is 0 Å². The highest BCUT2D eigenvalue weighted by Gasteiger charge is 2.21. The third-order valence-corrected chi connectivity index (χ3v) is 1.82. The maximum Gasteiger partial charge on any atom is 0.0909 e. The summed E-state index contributed by atoms with van der Waals surface area (Å²) in [4.78, 5) is 0. The molecule has 1 fully saturated rings. The molecule has 0 aromatic carbocycles. The van der Waals surface area contributed by atoms with Crippen LogP contribution >= 0.6 is 11.8 Å². The van der Waals surface area contributed by atoms with Crippen molar-refractivity contribution in [3.05, 3.63) is 0 Å². The minimum atomic E-state index is 0.515. The lowest BCUT2D eigenvalue weighted by Gasteiger charge is -1.81. The number of thioether (sulfide) groups is 1. The van der Waals surface area contributed by atoms with Gasteiger partial charge in [0.25, 0.3) is 0 Å². The Hall–Kier alpha value is -0.130. The molecule has 2 heteroatoms. The molecular formula is C7H10OS. The second-order valence-corrected chi connectivity index (χ2v) is 2.72. The van der Waals surface area contributed by atoms with Crippen molar-refractivity contribution in [2.45, 2.75) is 19.4 Å². The minimum absolute atomic E-state index is 0.515. The standard InChI is InChI=1S/C7H10OS/c1-2-3-4-9-6-7-5-8-7/h7H,2,5-6H2,1H3. The fraction of sp³-hybridized carbons (Fsp3) is 0.714. The van der Waals surface area contributed by atoms with Crippen LogP contribution in [-0.2, 0) is 4.74 Å². The van der Waals surface area contributed by atoms with E-state index in [1.807, 2.05) is 0 Å². The Morgan fingerprint density at radius 2 is 2.56 bits per heavy atom. The van der Waals surface area contributed by atoms with Crippen molar-refractivity contribution >= 4 is 11.8 Å². The molecule has 1 atom stereocenters. The van der Waals surface area contributed by atoms with Crippen molar-refractivity contribution in [3.8, 4) is 11.2 Å². The van der Waals surface area contributed by atoms with Crippen molar-refractivity contribution < 1.29 is 4.74 Å². The number of rotatable bonds is 2. The highest BCUT2D eigenvalue weighted by atomic mass is 32.2. The Bertz CT molecular complexity index is 130. The lowest BCUT2D eigenvalue weighted by molar-refractivity contribution is 0.426. The molecule has 1 saturated heterocycles. The maximum atomic E-state index is 5.00. The van der Waals surface area contributed by atoms with Crippen molar-refractivity contribution in [3.63, 3.8) is 0 Å². The maximum absolute atomic E-state index is 5.00.